The van der Waals surface area contributed by atoms with Crippen LogP contribution in [0.15, 0.2) is 54.7 Å². The van der Waals surface area contributed by atoms with Crippen LogP contribution in [0.3, 0.4) is 0 Å². The van der Waals surface area contributed by atoms with E-state index in [9.17, 15) is 9.59 Å². The molecule has 2 aromatic rings. The van der Waals surface area contributed by atoms with Crippen LogP contribution in [0.2, 0.25) is 0 Å². The van der Waals surface area contributed by atoms with Gasteiger partial charge in [0.15, 0.2) is 0 Å². The maximum absolute atomic E-state index is 12.6. The molecule has 1 aromatic carbocycles. The van der Waals surface area contributed by atoms with Gasteiger partial charge in [0.1, 0.15) is 11.6 Å². The maximum atomic E-state index is 12.6. The van der Waals surface area contributed by atoms with Crippen LogP contribution in [0, 0.1) is 0 Å². The highest BCUT2D eigenvalue weighted by atomic mass is 16.6. The van der Waals surface area contributed by atoms with Gasteiger partial charge in [-0.3, -0.25) is 9.78 Å². The summed E-state index contributed by atoms with van der Waals surface area (Å²) in [6.07, 6.45) is 1.02. The molecule has 132 valence electrons. The quantitative estimate of drug-likeness (QED) is 0.876. The summed E-state index contributed by atoms with van der Waals surface area (Å²) < 4.78 is 5.26. The molecule has 1 heterocycles. The van der Waals surface area contributed by atoms with Gasteiger partial charge in [-0.15, -0.1) is 0 Å². The van der Waals surface area contributed by atoms with Crippen molar-refractivity contribution in [3.63, 3.8) is 0 Å². The van der Waals surface area contributed by atoms with Gasteiger partial charge in [0, 0.05) is 6.20 Å². The van der Waals surface area contributed by atoms with Gasteiger partial charge < -0.3 is 15.4 Å². The first-order valence-electron chi connectivity index (χ1n) is 8.07. The lowest BCUT2D eigenvalue weighted by atomic mass is 10.1. The first-order chi connectivity index (χ1) is 11.8. The largest absolute Gasteiger partial charge is 0.444 e. The van der Waals surface area contributed by atoms with E-state index in [4.69, 9.17) is 4.74 Å². The molecule has 0 spiro atoms. The van der Waals surface area contributed by atoms with Crippen molar-refractivity contribution in [3.8, 4) is 0 Å². The normalized spacial score (nSPS) is 12.1. The molecule has 2 rings (SSSR count). The van der Waals surface area contributed by atoms with Gasteiger partial charge in [-0.05, 0) is 38.5 Å². The standard InChI is InChI=1S/C19H23N3O3/c1-19(2,3)25-18(24)22-16(14-9-5-4-6-10-14)17(23)21-13-15-11-7-8-12-20-15/h4-12,16H,13H2,1-3H3,(H,21,23)(H,22,24)/t16-/m0/s1. The molecular formula is C19H23N3O3. The fourth-order valence-corrected chi connectivity index (χ4v) is 2.15. The maximum Gasteiger partial charge on any atom is 0.408 e. The Morgan fingerprint density at radius 1 is 1.08 bits per heavy atom. The fraction of sp³-hybridized carbons (Fsp3) is 0.316. The van der Waals surface area contributed by atoms with Gasteiger partial charge in [-0.1, -0.05) is 36.4 Å². The van der Waals surface area contributed by atoms with Crippen molar-refractivity contribution in [2.24, 2.45) is 0 Å². The molecule has 0 unspecified atom stereocenters. The van der Waals surface area contributed by atoms with Crippen molar-refractivity contribution in [1.29, 1.82) is 0 Å². The van der Waals surface area contributed by atoms with Crippen LogP contribution < -0.4 is 10.6 Å². The Morgan fingerprint density at radius 3 is 2.36 bits per heavy atom. The Bertz CT molecular complexity index is 697. The monoisotopic (exact) mass is 341 g/mol. The van der Waals surface area contributed by atoms with Crippen molar-refractivity contribution in [2.45, 2.75) is 39.0 Å². The predicted octanol–water partition coefficient (Wildman–Crippen LogP) is 2.96. The van der Waals surface area contributed by atoms with E-state index in [-0.39, 0.29) is 12.5 Å². The second-order valence-electron chi connectivity index (χ2n) is 6.53. The molecule has 0 radical (unpaired) electrons. The number of nitrogens with zero attached hydrogens (tertiary/aromatic N) is 1. The summed E-state index contributed by atoms with van der Waals surface area (Å²) in [4.78, 5) is 28.9. The van der Waals surface area contributed by atoms with E-state index in [2.05, 4.69) is 15.6 Å². The summed E-state index contributed by atoms with van der Waals surface area (Å²) in [5, 5.41) is 5.43. The smallest absolute Gasteiger partial charge is 0.408 e. The first-order valence-corrected chi connectivity index (χ1v) is 8.07. The van der Waals surface area contributed by atoms with Crippen LogP contribution in [0.4, 0.5) is 4.79 Å². The second kappa shape index (κ2) is 8.28. The number of pyridine rings is 1. The average molecular weight is 341 g/mol. The topological polar surface area (TPSA) is 80.3 Å². The highest BCUT2D eigenvalue weighted by Crippen LogP contribution is 2.15. The number of hydrogen-bond donors (Lipinski definition) is 2. The number of hydrogen-bond acceptors (Lipinski definition) is 4. The number of nitrogens with one attached hydrogen (secondary N) is 2. The summed E-state index contributed by atoms with van der Waals surface area (Å²) in [7, 11) is 0. The molecule has 25 heavy (non-hydrogen) atoms. The number of amides is 2. The zero-order valence-corrected chi connectivity index (χ0v) is 14.7. The van der Waals surface area contributed by atoms with E-state index in [1.807, 2.05) is 36.4 Å². The van der Waals surface area contributed by atoms with Crippen LogP contribution in [0.1, 0.15) is 38.1 Å². The van der Waals surface area contributed by atoms with Gasteiger partial charge in [0.25, 0.3) is 0 Å². The molecular weight excluding hydrogens is 318 g/mol. The van der Waals surface area contributed by atoms with Crippen LogP contribution >= 0.6 is 0 Å². The minimum absolute atomic E-state index is 0.277. The summed E-state index contributed by atoms with van der Waals surface area (Å²) in [6.45, 7) is 5.58. The number of ether oxygens (including phenoxy) is 1. The van der Waals surface area contributed by atoms with E-state index >= 15 is 0 Å². The Balaban J connectivity index is 2.08. The molecule has 1 atom stereocenters. The van der Waals surface area contributed by atoms with Crippen LogP contribution in [-0.4, -0.2) is 22.6 Å². The van der Waals surface area contributed by atoms with E-state index in [1.165, 1.54) is 0 Å². The minimum atomic E-state index is -0.847. The Morgan fingerprint density at radius 2 is 1.76 bits per heavy atom. The molecule has 0 bridgehead atoms. The molecule has 0 fully saturated rings. The molecule has 6 nitrogen and oxygen atoms in total. The molecule has 2 N–H and O–H groups in total. The van der Waals surface area contributed by atoms with Crippen LogP contribution in [-0.2, 0) is 16.1 Å². The third-order valence-corrected chi connectivity index (χ3v) is 3.23. The zero-order chi connectivity index (χ0) is 18.3. The lowest BCUT2D eigenvalue weighted by molar-refractivity contribution is -0.123. The molecule has 0 saturated carbocycles. The van der Waals surface area contributed by atoms with Gasteiger partial charge in [0.2, 0.25) is 5.91 Å². The van der Waals surface area contributed by atoms with E-state index in [0.717, 1.165) is 5.69 Å². The Labute approximate surface area is 147 Å². The number of rotatable bonds is 5. The lowest BCUT2D eigenvalue weighted by Gasteiger charge is -2.23. The zero-order valence-electron chi connectivity index (χ0n) is 14.7. The van der Waals surface area contributed by atoms with E-state index in [0.29, 0.717) is 5.56 Å². The average Bonchev–Trinajstić information content (AvgIpc) is 2.58. The number of aromatic nitrogens is 1. The number of alkyl carbamates (subject to hydrolysis) is 1. The number of carbonyl (C=O) groups excluding carboxylic acids is 2. The minimum Gasteiger partial charge on any atom is -0.444 e. The number of carbonyl (C=O) groups is 2. The summed E-state index contributed by atoms with van der Waals surface area (Å²) in [5.74, 6) is -0.331. The fourth-order valence-electron chi connectivity index (χ4n) is 2.15. The first kappa shape index (κ1) is 18.4. The van der Waals surface area contributed by atoms with Crippen molar-refractivity contribution in [1.82, 2.24) is 15.6 Å². The highest BCUT2D eigenvalue weighted by Gasteiger charge is 2.25. The SMILES string of the molecule is CC(C)(C)OC(=O)N[C@H](C(=O)NCc1ccccn1)c1ccccc1. The molecule has 0 saturated heterocycles. The van der Waals surface area contributed by atoms with Crippen molar-refractivity contribution < 1.29 is 14.3 Å². The molecule has 0 aliphatic heterocycles. The third-order valence-electron chi connectivity index (χ3n) is 3.23. The van der Waals surface area contributed by atoms with E-state index in [1.54, 1.807) is 39.1 Å². The van der Waals surface area contributed by atoms with Crippen molar-refractivity contribution >= 4 is 12.0 Å². The predicted molar refractivity (Wildman–Crippen MR) is 94.6 cm³/mol. The van der Waals surface area contributed by atoms with Crippen LogP contribution in [0.5, 0.6) is 0 Å². The Kier molecular flexibility index (Phi) is 6.11. The molecule has 0 aliphatic rings. The second-order valence-corrected chi connectivity index (χ2v) is 6.53. The number of benzene rings is 1. The highest BCUT2D eigenvalue weighted by molar-refractivity contribution is 5.86. The third kappa shape index (κ3) is 6.25. The molecule has 6 heteroatoms. The van der Waals surface area contributed by atoms with Gasteiger partial charge >= 0.3 is 6.09 Å². The molecule has 0 aliphatic carbocycles. The summed E-state index contributed by atoms with van der Waals surface area (Å²) in [6, 6.07) is 13.7. The van der Waals surface area contributed by atoms with Gasteiger partial charge in [0.05, 0.1) is 12.2 Å². The molecule has 1 aromatic heterocycles. The molecule has 2 amide bonds. The van der Waals surface area contributed by atoms with E-state index < -0.39 is 17.7 Å². The summed E-state index contributed by atoms with van der Waals surface area (Å²) >= 11 is 0. The van der Waals surface area contributed by atoms with Crippen molar-refractivity contribution in [3.05, 3.63) is 66.0 Å². The van der Waals surface area contributed by atoms with Gasteiger partial charge in [-0.25, -0.2) is 4.79 Å². The lowest BCUT2D eigenvalue weighted by Crippen LogP contribution is -2.42. The van der Waals surface area contributed by atoms with Gasteiger partial charge in [-0.2, -0.15) is 0 Å². The van der Waals surface area contributed by atoms with Crippen LogP contribution in [0.25, 0.3) is 0 Å². The van der Waals surface area contributed by atoms with Crippen molar-refractivity contribution in [2.75, 3.05) is 0 Å². The summed E-state index contributed by atoms with van der Waals surface area (Å²) in [5.41, 5.74) is 0.766. The Hall–Kier alpha value is -2.89.